The van der Waals surface area contributed by atoms with Crippen molar-refractivity contribution in [3.63, 3.8) is 0 Å². The van der Waals surface area contributed by atoms with Crippen LogP contribution in [0.5, 0.6) is 0 Å². The zero-order valence-corrected chi connectivity index (χ0v) is 17.4. The normalized spacial score (nSPS) is 12.4. The second-order valence-corrected chi connectivity index (χ2v) is 8.79. The Labute approximate surface area is 172 Å². The number of aromatic nitrogens is 1. The fourth-order valence-electron chi connectivity index (χ4n) is 2.74. The van der Waals surface area contributed by atoms with E-state index in [1.54, 1.807) is 6.07 Å². The van der Waals surface area contributed by atoms with Gasteiger partial charge in [-0.1, -0.05) is 29.8 Å². The fourth-order valence-corrected chi connectivity index (χ4v) is 4.04. The lowest BCUT2D eigenvalue weighted by molar-refractivity contribution is 0.0503. The van der Waals surface area contributed by atoms with Crippen molar-refractivity contribution in [3.05, 3.63) is 63.6 Å². The molecule has 1 heterocycles. The lowest BCUT2D eigenvalue weighted by atomic mass is 10.0. The first-order valence-electron chi connectivity index (χ1n) is 8.78. The molecule has 1 unspecified atom stereocenters. The molecule has 28 heavy (non-hydrogen) atoms. The molecule has 0 radical (unpaired) electrons. The van der Waals surface area contributed by atoms with Gasteiger partial charge in [0.1, 0.15) is 10.6 Å². The van der Waals surface area contributed by atoms with Crippen molar-refractivity contribution >= 4 is 39.2 Å². The van der Waals surface area contributed by atoms with Crippen molar-refractivity contribution < 1.29 is 9.53 Å². The molecule has 1 atom stereocenters. The summed E-state index contributed by atoms with van der Waals surface area (Å²) in [7, 11) is 0. The molecular formula is C21H20ClN3O2S. The zero-order valence-electron chi connectivity index (χ0n) is 15.8. The van der Waals surface area contributed by atoms with Crippen molar-refractivity contribution in [2.75, 3.05) is 0 Å². The van der Waals surface area contributed by atoms with Crippen LogP contribution in [0.1, 0.15) is 42.9 Å². The predicted molar refractivity (Wildman–Crippen MR) is 112 cm³/mol. The maximum Gasteiger partial charge on any atom is 0.408 e. The Balaban J connectivity index is 1.94. The molecular weight excluding hydrogens is 394 g/mol. The van der Waals surface area contributed by atoms with Gasteiger partial charge in [-0.05, 0) is 57.0 Å². The summed E-state index contributed by atoms with van der Waals surface area (Å²) in [6, 6.07) is 14.6. The van der Waals surface area contributed by atoms with E-state index in [2.05, 4.69) is 16.4 Å². The van der Waals surface area contributed by atoms with Crippen LogP contribution in [0.3, 0.4) is 0 Å². The zero-order chi connectivity index (χ0) is 20.3. The molecule has 0 spiro atoms. The smallest absolute Gasteiger partial charge is 0.408 e. The SMILES string of the molecule is CC(C)(C)OC(=O)NC(Cc1cccc(C#N)c1)c1nc2cccc(Cl)c2s1. The van der Waals surface area contributed by atoms with Crippen molar-refractivity contribution in [1.82, 2.24) is 10.3 Å². The number of rotatable bonds is 4. The fraction of sp³-hybridized carbons (Fsp3) is 0.286. The number of alkyl carbamates (subject to hydrolysis) is 1. The molecule has 0 saturated heterocycles. The van der Waals surface area contributed by atoms with E-state index >= 15 is 0 Å². The Morgan fingerprint density at radius 3 is 2.75 bits per heavy atom. The number of carbonyl (C=O) groups excluding carboxylic acids is 1. The first-order chi connectivity index (χ1) is 13.2. The highest BCUT2D eigenvalue weighted by Crippen LogP contribution is 2.33. The highest BCUT2D eigenvalue weighted by molar-refractivity contribution is 7.19. The lowest BCUT2D eigenvalue weighted by Crippen LogP contribution is -2.35. The minimum absolute atomic E-state index is 0.405. The van der Waals surface area contributed by atoms with E-state index < -0.39 is 17.7 Å². The van der Waals surface area contributed by atoms with Gasteiger partial charge in [0.15, 0.2) is 0 Å². The number of fused-ring (bicyclic) bond motifs is 1. The van der Waals surface area contributed by atoms with E-state index in [1.807, 2.05) is 57.2 Å². The van der Waals surface area contributed by atoms with Crippen molar-refractivity contribution in [2.24, 2.45) is 0 Å². The Bertz CT molecular complexity index is 1050. The van der Waals surface area contributed by atoms with Crippen LogP contribution in [0.15, 0.2) is 42.5 Å². The van der Waals surface area contributed by atoms with Crippen LogP contribution < -0.4 is 5.32 Å². The number of amides is 1. The average Bonchev–Trinajstić information content (AvgIpc) is 3.05. The number of halogens is 1. The topological polar surface area (TPSA) is 75.0 Å². The second-order valence-electron chi connectivity index (χ2n) is 7.36. The highest BCUT2D eigenvalue weighted by atomic mass is 35.5. The molecule has 3 rings (SSSR count). The number of ether oxygens (including phenoxy) is 1. The number of hydrogen-bond donors (Lipinski definition) is 1. The molecule has 1 N–H and O–H groups in total. The second kappa shape index (κ2) is 8.17. The number of carbonyl (C=O) groups is 1. The third-order valence-electron chi connectivity index (χ3n) is 3.87. The van der Waals surface area contributed by atoms with E-state index in [-0.39, 0.29) is 0 Å². The summed E-state index contributed by atoms with van der Waals surface area (Å²) >= 11 is 7.73. The maximum atomic E-state index is 12.4. The predicted octanol–water partition coefficient (Wildman–Crippen LogP) is 5.63. The molecule has 0 bridgehead atoms. The molecule has 144 valence electrons. The van der Waals surface area contributed by atoms with Crippen LogP contribution in [0.4, 0.5) is 4.79 Å². The number of nitrogens with zero attached hydrogens (tertiary/aromatic N) is 2. The van der Waals surface area contributed by atoms with Gasteiger partial charge in [-0.3, -0.25) is 0 Å². The van der Waals surface area contributed by atoms with Crippen LogP contribution in [-0.2, 0) is 11.2 Å². The van der Waals surface area contributed by atoms with Crippen molar-refractivity contribution in [2.45, 2.75) is 38.8 Å². The first kappa shape index (κ1) is 20.1. The monoisotopic (exact) mass is 413 g/mol. The summed E-state index contributed by atoms with van der Waals surface area (Å²) in [5, 5.41) is 13.4. The van der Waals surface area contributed by atoms with Gasteiger partial charge in [0.25, 0.3) is 0 Å². The summed E-state index contributed by atoms with van der Waals surface area (Å²) < 4.78 is 6.29. The molecule has 7 heteroatoms. The average molecular weight is 414 g/mol. The molecule has 2 aromatic carbocycles. The lowest BCUT2D eigenvalue weighted by Gasteiger charge is -2.23. The van der Waals surface area contributed by atoms with E-state index in [0.717, 1.165) is 20.8 Å². The molecule has 1 amide bonds. The van der Waals surface area contributed by atoms with Gasteiger partial charge in [-0.2, -0.15) is 5.26 Å². The summed E-state index contributed by atoms with van der Waals surface area (Å²) in [6.45, 7) is 5.44. The van der Waals surface area contributed by atoms with Gasteiger partial charge < -0.3 is 10.1 Å². The van der Waals surface area contributed by atoms with Gasteiger partial charge in [0.05, 0.1) is 32.9 Å². The molecule has 0 aliphatic rings. The van der Waals surface area contributed by atoms with Crippen molar-refractivity contribution in [3.8, 4) is 6.07 Å². The maximum absolute atomic E-state index is 12.4. The van der Waals surface area contributed by atoms with Crippen molar-refractivity contribution in [1.29, 1.82) is 5.26 Å². The van der Waals surface area contributed by atoms with E-state index in [4.69, 9.17) is 21.6 Å². The van der Waals surface area contributed by atoms with E-state index in [9.17, 15) is 4.79 Å². The van der Waals surface area contributed by atoms with Gasteiger partial charge in [0, 0.05) is 0 Å². The molecule has 3 aromatic rings. The number of nitriles is 1. The first-order valence-corrected chi connectivity index (χ1v) is 9.98. The number of thiazole rings is 1. The summed E-state index contributed by atoms with van der Waals surface area (Å²) in [5.41, 5.74) is 1.67. The van der Waals surface area contributed by atoms with Crippen LogP contribution in [0.25, 0.3) is 10.2 Å². The van der Waals surface area contributed by atoms with Crippen LogP contribution in [0.2, 0.25) is 5.02 Å². The number of benzene rings is 2. The van der Waals surface area contributed by atoms with Crippen LogP contribution >= 0.6 is 22.9 Å². The molecule has 0 aliphatic heterocycles. The largest absolute Gasteiger partial charge is 0.444 e. The summed E-state index contributed by atoms with van der Waals surface area (Å²) in [5.74, 6) is 0. The van der Waals surface area contributed by atoms with Gasteiger partial charge in [0.2, 0.25) is 0 Å². The molecule has 0 saturated carbocycles. The van der Waals surface area contributed by atoms with E-state index in [1.165, 1.54) is 11.3 Å². The summed E-state index contributed by atoms with van der Waals surface area (Å²) in [4.78, 5) is 17.1. The quantitative estimate of drug-likeness (QED) is 0.601. The number of nitrogens with one attached hydrogen (secondary N) is 1. The molecule has 0 aliphatic carbocycles. The minimum atomic E-state index is -0.605. The number of hydrogen-bond acceptors (Lipinski definition) is 5. The highest BCUT2D eigenvalue weighted by Gasteiger charge is 2.24. The van der Waals surface area contributed by atoms with Crippen LogP contribution in [-0.4, -0.2) is 16.7 Å². The Hall–Kier alpha value is -2.62. The standard InChI is InChI=1S/C21H20ClN3O2S/c1-21(2,3)27-20(26)25-17(11-13-6-4-7-14(10-13)12-23)19-24-16-9-5-8-15(22)18(16)28-19/h4-10,17H,11H2,1-3H3,(H,25,26). The molecule has 0 fully saturated rings. The molecule has 1 aromatic heterocycles. The van der Waals surface area contributed by atoms with Gasteiger partial charge >= 0.3 is 6.09 Å². The minimum Gasteiger partial charge on any atom is -0.444 e. The Morgan fingerprint density at radius 2 is 2.07 bits per heavy atom. The summed E-state index contributed by atoms with van der Waals surface area (Å²) in [6.07, 6.45) is -0.0362. The Morgan fingerprint density at radius 1 is 1.32 bits per heavy atom. The van der Waals surface area contributed by atoms with E-state index in [0.29, 0.717) is 17.0 Å². The van der Waals surface area contributed by atoms with Crippen LogP contribution in [0, 0.1) is 11.3 Å². The Kier molecular flexibility index (Phi) is 5.87. The third-order valence-corrected chi connectivity index (χ3v) is 5.51. The van der Waals surface area contributed by atoms with Gasteiger partial charge in [-0.25, -0.2) is 9.78 Å². The third kappa shape index (κ3) is 5.00. The molecule has 5 nitrogen and oxygen atoms in total. The van der Waals surface area contributed by atoms with Gasteiger partial charge in [-0.15, -0.1) is 11.3 Å².